The van der Waals surface area contributed by atoms with Crippen molar-refractivity contribution in [2.75, 3.05) is 5.32 Å². The molecule has 122 valence electrons. The van der Waals surface area contributed by atoms with Gasteiger partial charge >= 0.3 is 6.18 Å². The van der Waals surface area contributed by atoms with Crippen molar-refractivity contribution in [3.8, 4) is 5.75 Å². The third kappa shape index (κ3) is 3.03. The van der Waals surface area contributed by atoms with Gasteiger partial charge in [-0.2, -0.15) is 13.2 Å². The van der Waals surface area contributed by atoms with Gasteiger partial charge in [0.1, 0.15) is 5.75 Å². The first-order chi connectivity index (χ1) is 11.4. The van der Waals surface area contributed by atoms with Crippen molar-refractivity contribution in [3.63, 3.8) is 0 Å². The molecule has 0 heterocycles. The predicted octanol–water partition coefficient (Wildman–Crippen LogP) is 4.82. The van der Waals surface area contributed by atoms with Gasteiger partial charge < -0.3 is 10.4 Å². The molecule has 0 aliphatic carbocycles. The molecular formula is C18H12F3NO2. The molecule has 3 aromatic carbocycles. The highest BCUT2D eigenvalue weighted by Crippen LogP contribution is 2.32. The van der Waals surface area contributed by atoms with Crippen LogP contribution in [0.5, 0.6) is 5.75 Å². The first-order valence-electron chi connectivity index (χ1n) is 7.05. The van der Waals surface area contributed by atoms with Crippen LogP contribution < -0.4 is 5.32 Å². The van der Waals surface area contributed by atoms with Crippen molar-refractivity contribution in [2.24, 2.45) is 0 Å². The molecule has 0 spiro atoms. The van der Waals surface area contributed by atoms with Crippen LogP contribution in [-0.4, -0.2) is 11.0 Å². The van der Waals surface area contributed by atoms with Crippen molar-refractivity contribution in [2.45, 2.75) is 6.18 Å². The molecule has 0 aliphatic heterocycles. The molecule has 0 saturated heterocycles. The number of amides is 1. The largest absolute Gasteiger partial charge is 0.506 e. The molecule has 3 rings (SSSR count). The van der Waals surface area contributed by atoms with E-state index in [1.165, 1.54) is 18.2 Å². The fourth-order valence-electron chi connectivity index (χ4n) is 2.41. The van der Waals surface area contributed by atoms with Gasteiger partial charge in [-0.05, 0) is 29.7 Å². The van der Waals surface area contributed by atoms with Gasteiger partial charge in [0.25, 0.3) is 5.91 Å². The number of nitrogens with one attached hydrogen (secondary N) is 1. The molecule has 1 amide bonds. The van der Waals surface area contributed by atoms with Gasteiger partial charge in [0, 0.05) is 11.1 Å². The van der Waals surface area contributed by atoms with Gasteiger partial charge in [0.05, 0.1) is 11.1 Å². The van der Waals surface area contributed by atoms with Gasteiger partial charge in [-0.25, -0.2) is 0 Å². The second kappa shape index (κ2) is 5.88. The summed E-state index contributed by atoms with van der Waals surface area (Å²) in [5.74, 6) is -0.893. The number of phenols is 1. The lowest BCUT2D eigenvalue weighted by Crippen LogP contribution is -2.13. The standard InChI is InChI=1S/C18H12F3NO2/c19-18(20,21)12-5-3-6-13(10-12)22-17(24)15-9-8-11-4-1-2-7-14(11)16(15)23/h1-10,23H,(H,22,24). The van der Waals surface area contributed by atoms with E-state index in [4.69, 9.17) is 0 Å². The number of carbonyl (C=O) groups excluding carboxylic acids is 1. The molecule has 0 atom stereocenters. The van der Waals surface area contributed by atoms with Crippen molar-refractivity contribution < 1.29 is 23.1 Å². The lowest BCUT2D eigenvalue weighted by atomic mass is 10.0. The van der Waals surface area contributed by atoms with Crippen LogP contribution in [0.1, 0.15) is 15.9 Å². The van der Waals surface area contributed by atoms with Crippen molar-refractivity contribution >= 4 is 22.4 Å². The highest BCUT2D eigenvalue weighted by molar-refractivity contribution is 6.09. The molecule has 0 saturated carbocycles. The number of hydrogen-bond donors (Lipinski definition) is 2. The monoisotopic (exact) mass is 331 g/mol. The molecule has 0 aromatic heterocycles. The van der Waals surface area contributed by atoms with E-state index in [0.717, 1.165) is 17.5 Å². The molecule has 3 aromatic rings. The van der Waals surface area contributed by atoms with Gasteiger partial charge in [0.2, 0.25) is 0 Å². The molecule has 24 heavy (non-hydrogen) atoms. The molecule has 6 heteroatoms. The molecule has 3 nitrogen and oxygen atoms in total. The Hall–Kier alpha value is -3.02. The maximum Gasteiger partial charge on any atom is 0.416 e. The minimum absolute atomic E-state index is 0.00221. The molecule has 0 bridgehead atoms. The zero-order valence-corrected chi connectivity index (χ0v) is 12.3. The van der Waals surface area contributed by atoms with E-state index in [1.54, 1.807) is 30.3 Å². The Balaban J connectivity index is 1.92. The normalized spacial score (nSPS) is 11.5. The number of aromatic hydroxyl groups is 1. The molecule has 0 unspecified atom stereocenters. The second-order valence-corrected chi connectivity index (χ2v) is 5.22. The van der Waals surface area contributed by atoms with E-state index >= 15 is 0 Å². The summed E-state index contributed by atoms with van der Waals surface area (Å²) < 4.78 is 38.1. The van der Waals surface area contributed by atoms with E-state index in [0.29, 0.717) is 5.39 Å². The van der Waals surface area contributed by atoms with Gasteiger partial charge in [0.15, 0.2) is 0 Å². The highest BCUT2D eigenvalue weighted by Gasteiger charge is 2.30. The van der Waals surface area contributed by atoms with E-state index in [9.17, 15) is 23.1 Å². The summed E-state index contributed by atoms with van der Waals surface area (Å²) in [6, 6.07) is 14.4. The Bertz CT molecular complexity index is 920. The number of rotatable bonds is 2. The lowest BCUT2D eigenvalue weighted by Gasteiger charge is -2.11. The molecular weight excluding hydrogens is 319 g/mol. The summed E-state index contributed by atoms with van der Waals surface area (Å²) in [6.45, 7) is 0. The van der Waals surface area contributed by atoms with Crippen molar-refractivity contribution in [1.29, 1.82) is 0 Å². The van der Waals surface area contributed by atoms with Crippen LogP contribution in [0.2, 0.25) is 0 Å². The van der Waals surface area contributed by atoms with E-state index in [2.05, 4.69) is 5.32 Å². The number of halogens is 3. The number of fused-ring (bicyclic) bond motifs is 1. The Morgan fingerprint density at radius 1 is 0.958 bits per heavy atom. The smallest absolute Gasteiger partial charge is 0.416 e. The quantitative estimate of drug-likeness (QED) is 0.707. The number of benzene rings is 3. The van der Waals surface area contributed by atoms with Gasteiger partial charge in [-0.1, -0.05) is 36.4 Å². The number of phenolic OH excluding ortho intramolecular Hbond substituents is 1. The van der Waals surface area contributed by atoms with E-state index in [1.807, 2.05) is 0 Å². The second-order valence-electron chi connectivity index (χ2n) is 5.22. The van der Waals surface area contributed by atoms with Crippen molar-refractivity contribution in [3.05, 3.63) is 71.8 Å². The maximum atomic E-state index is 12.7. The summed E-state index contributed by atoms with van der Waals surface area (Å²) in [5, 5.41) is 13.9. The van der Waals surface area contributed by atoms with Crippen LogP contribution in [0.15, 0.2) is 60.7 Å². The summed E-state index contributed by atoms with van der Waals surface area (Å²) in [4.78, 5) is 12.3. The number of anilines is 1. The predicted molar refractivity (Wildman–Crippen MR) is 85.0 cm³/mol. The Morgan fingerprint density at radius 3 is 2.46 bits per heavy atom. The third-order valence-electron chi connectivity index (χ3n) is 3.59. The van der Waals surface area contributed by atoms with E-state index < -0.39 is 17.6 Å². The minimum atomic E-state index is -4.49. The molecule has 2 N–H and O–H groups in total. The van der Waals surface area contributed by atoms with Gasteiger partial charge in [-0.15, -0.1) is 0 Å². The van der Waals surface area contributed by atoms with Gasteiger partial charge in [-0.3, -0.25) is 4.79 Å². The Morgan fingerprint density at radius 2 is 1.71 bits per heavy atom. The van der Waals surface area contributed by atoms with Crippen LogP contribution >= 0.6 is 0 Å². The zero-order valence-electron chi connectivity index (χ0n) is 12.3. The van der Waals surface area contributed by atoms with Crippen LogP contribution in [0.3, 0.4) is 0 Å². The summed E-state index contributed by atoms with van der Waals surface area (Å²) >= 11 is 0. The maximum absolute atomic E-state index is 12.7. The van der Waals surface area contributed by atoms with Crippen LogP contribution in [-0.2, 0) is 6.18 Å². The average molecular weight is 331 g/mol. The summed E-state index contributed by atoms with van der Waals surface area (Å²) in [7, 11) is 0. The Labute approximate surface area is 135 Å². The third-order valence-corrected chi connectivity index (χ3v) is 3.59. The van der Waals surface area contributed by atoms with Crippen LogP contribution in [0, 0.1) is 0 Å². The summed E-state index contributed by atoms with van der Waals surface area (Å²) in [5.41, 5.74) is -0.864. The van der Waals surface area contributed by atoms with E-state index in [-0.39, 0.29) is 17.0 Å². The first-order valence-corrected chi connectivity index (χ1v) is 7.05. The fraction of sp³-hybridized carbons (Fsp3) is 0.0556. The summed E-state index contributed by atoms with van der Waals surface area (Å²) in [6.07, 6.45) is -4.49. The molecule has 0 fully saturated rings. The number of hydrogen-bond acceptors (Lipinski definition) is 2. The average Bonchev–Trinajstić information content (AvgIpc) is 2.55. The minimum Gasteiger partial charge on any atom is -0.506 e. The van der Waals surface area contributed by atoms with Crippen LogP contribution in [0.25, 0.3) is 10.8 Å². The number of carbonyl (C=O) groups is 1. The first kappa shape index (κ1) is 15.9. The molecule has 0 aliphatic rings. The van der Waals surface area contributed by atoms with Crippen molar-refractivity contribution in [1.82, 2.24) is 0 Å². The zero-order chi connectivity index (χ0) is 17.3. The fourth-order valence-corrected chi connectivity index (χ4v) is 2.41. The SMILES string of the molecule is O=C(Nc1cccc(C(F)(F)F)c1)c1ccc2ccccc2c1O. The highest BCUT2D eigenvalue weighted by atomic mass is 19.4. The number of alkyl halides is 3. The molecule has 0 radical (unpaired) electrons. The van der Waals surface area contributed by atoms with Crippen LogP contribution in [0.4, 0.5) is 18.9 Å². The topological polar surface area (TPSA) is 49.3 Å². The lowest BCUT2D eigenvalue weighted by molar-refractivity contribution is -0.137. The Kier molecular flexibility index (Phi) is 3.89.